The Morgan fingerprint density at radius 1 is 0.885 bits per heavy atom. The zero-order valence-electron chi connectivity index (χ0n) is 16.4. The molecule has 0 radical (unpaired) electrons. The highest BCUT2D eigenvalue weighted by Crippen LogP contribution is 2.38. The van der Waals surface area contributed by atoms with E-state index in [1.54, 1.807) is 0 Å². The Balaban J connectivity index is 2.08. The lowest BCUT2D eigenvalue weighted by Gasteiger charge is -2.38. The van der Waals surface area contributed by atoms with Gasteiger partial charge in [-0.15, -0.1) is 0 Å². The van der Waals surface area contributed by atoms with Gasteiger partial charge in [0.25, 0.3) is 0 Å². The molecule has 26 heavy (non-hydrogen) atoms. The number of para-hydroxylation sites is 1. The maximum atomic E-state index is 13.8. The van der Waals surface area contributed by atoms with Crippen LogP contribution in [0.3, 0.4) is 0 Å². The van der Waals surface area contributed by atoms with Gasteiger partial charge in [0.15, 0.2) is 0 Å². The molecule has 1 amide bonds. The zero-order chi connectivity index (χ0) is 18.6. The Labute approximate surface area is 158 Å². The van der Waals surface area contributed by atoms with Crippen LogP contribution >= 0.6 is 0 Å². The monoisotopic (exact) mass is 349 g/mol. The summed E-state index contributed by atoms with van der Waals surface area (Å²) in [6, 6.07) is 17.1. The van der Waals surface area contributed by atoms with E-state index in [9.17, 15) is 4.79 Å². The van der Waals surface area contributed by atoms with Gasteiger partial charge in [-0.25, -0.2) is 0 Å². The van der Waals surface area contributed by atoms with Crippen molar-refractivity contribution in [2.24, 2.45) is 5.41 Å². The summed E-state index contributed by atoms with van der Waals surface area (Å²) in [5, 5.41) is 0. The van der Waals surface area contributed by atoms with Crippen molar-refractivity contribution in [2.75, 3.05) is 4.90 Å². The summed E-state index contributed by atoms with van der Waals surface area (Å²) in [6.07, 6.45) is 5.82. The van der Waals surface area contributed by atoms with Gasteiger partial charge >= 0.3 is 0 Å². The Kier molecular flexibility index (Phi) is 5.80. The predicted molar refractivity (Wildman–Crippen MR) is 109 cm³/mol. The summed E-state index contributed by atoms with van der Waals surface area (Å²) in [4.78, 5) is 15.9. The molecule has 2 aromatic rings. The Morgan fingerprint density at radius 3 is 2.12 bits per heavy atom. The van der Waals surface area contributed by atoms with Gasteiger partial charge in [0.1, 0.15) is 0 Å². The van der Waals surface area contributed by atoms with Gasteiger partial charge < -0.3 is 4.90 Å². The average molecular weight is 350 g/mol. The first kappa shape index (κ1) is 18.7. The van der Waals surface area contributed by atoms with Gasteiger partial charge in [-0.1, -0.05) is 69.7 Å². The molecule has 0 unspecified atom stereocenters. The molecule has 0 saturated carbocycles. The minimum absolute atomic E-state index is 0.254. The second-order valence-electron chi connectivity index (χ2n) is 7.53. The van der Waals surface area contributed by atoms with Crippen molar-refractivity contribution in [3.8, 4) is 0 Å². The Bertz CT molecular complexity index is 760. The zero-order valence-corrected chi connectivity index (χ0v) is 16.4. The summed E-state index contributed by atoms with van der Waals surface area (Å²) in [5.41, 5.74) is 4.79. The smallest absolute Gasteiger partial charge is 0.233 e. The van der Waals surface area contributed by atoms with Crippen LogP contribution in [0.4, 0.5) is 5.69 Å². The summed E-state index contributed by atoms with van der Waals surface area (Å²) in [6.45, 7) is 7.20. The molecule has 138 valence electrons. The number of aryl methyl sites for hydroxylation is 2. The standard InChI is InChI=1S/C24H31NO/c1-4-17-24(5-2,6-3)23(26)25-18-21-13-8-7-11-19(21)15-16-20-12-9-10-14-22(20)25/h7-14H,4-6,15-18H2,1-3H3. The minimum atomic E-state index is -0.254. The highest BCUT2D eigenvalue weighted by molar-refractivity contribution is 5.98. The molecule has 2 aromatic carbocycles. The van der Waals surface area contributed by atoms with Crippen molar-refractivity contribution in [1.29, 1.82) is 0 Å². The number of hydrogen-bond acceptors (Lipinski definition) is 1. The predicted octanol–water partition coefficient (Wildman–Crippen LogP) is 5.92. The van der Waals surface area contributed by atoms with Crippen LogP contribution in [-0.2, 0) is 24.2 Å². The lowest BCUT2D eigenvalue weighted by atomic mass is 9.76. The maximum absolute atomic E-state index is 13.8. The third-order valence-electron chi connectivity index (χ3n) is 6.17. The molecule has 2 heteroatoms. The number of rotatable bonds is 5. The number of hydrogen-bond donors (Lipinski definition) is 0. The third kappa shape index (κ3) is 3.42. The van der Waals surface area contributed by atoms with E-state index in [1.165, 1.54) is 16.7 Å². The van der Waals surface area contributed by atoms with E-state index in [0.717, 1.165) is 44.2 Å². The molecule has 0 N–H and O–H groups in total. The van der Waals surface area contributed by atoms with E-state index in [0.29, 0.717) is 12.5 Å². The molecular formula is C24H31NO. The SMILES string of the molecule is CCCC(CC)(CC)C(=O)N1Cc2ccccc2CCc2ccccc21. The molecule has 0 bridgehead atoms. The minimum Gasteiger partial charge on any atom is -0.307 e. The van der Waals surface area contributed by atoms with E-state index >= 15 is 0 Å². The van der Waals surface area contributed by atoms with Gasteiger partial charge in [-0.05, 0) is 54.9 Å². The van der Waals surface area contributed by atoms with Gasteiger partial charge in [0, 0.05) is 11.1 Å². The van der Waals surface area contributed by atoms with E-state index in [-0.39, 0.29) is 5.41 Å². The summed E-state index contributed by atoms with van der Waals surface area (Å²) in [7, 11) is 0. The normalized spacial score (nSPS) is 14.2. The summed E-state index contributed by atoms with van der Waals surface area (Å²) >= 11 is 0. The fourth-order valence-corrected chi connectivity index (χ4v) is 4.43. The van der Waals surface area contributed by atoms with Crippen LogP contribution in [0.25, 0.3) is 0 Å². The van der Waals surface area contributed by atoms with Crippen LogP contribution < -0.4 is 4.90 Å². The quantitative estimate of drug-likeness (QED) is 0.655. The molecule has 0 spiro atoms. The number of nitrogens with zero attached hydrogens (tertiary/aromatic N) is 1. The van der Waals surface area contributed by atoms with Crippen molar-refractivity contribution < 1.29 is 4.79 Å². The molecular weight excluding hydrogens is 318 g/mol. The van der Waals surface area contributed by atoms with E-state index in [4.69, 9.17) is 0 Å². The van der Waals surface area contributed by atoms with Gasteiger partial charge in [0.05, 0.1) is 6.54 Å². The number of fused-ring (bicyclic) bond motifs is 2. The molecule has 1 aliphatic heterocycles. The topological polar surface area (TPSA) is 20.3 Å². The molecule has 0 saturated heterocycles. The van der Waals surface area contributed by atoms with Crippen LogP contribution in [0.5, 0.6) is 0 Å². The Hall–Kier alpha value is -2.09. The van der Waals surface area contributed by atoms with Crippen LogP contribution in [0.15, 0.2) is 48.5 Å². The molecule has 0 atom stereocenters. The number of anilines is 1. The highest BCUT2D eigenvalue weighted by atomic mass is 16.2. The summed E-state index contributed by atoms with van der Waals surface area (Å²) < 4.78 is 0. The Morgan fingerprint density at radius 2 is 1.46 bits per heavy atom. The number of carbonyl (C=O) groups is 1. The first-order valence-corrected chi connectivity index (χ1v) is 10.1. The summed E-state index contributed by atoms with van der Waals surface area (Å²) in [5.74, 6) is 0.300. The second kappa shape index (κ2) is 8.07. The number of benzene rings is 2. The fourth-order valence-electron chi connectivity index (χ4n) is 4.43. The van der Waals surface area contributed by atoms with Crippen LogP contribution in [0.2, 0.25) is 0 Å². The largest absolute Gasteiger partial charge is 0.307 e. The second-order valence-corrected chi connectivity index (χ2v) is 7.53. The fraction of sp³-hybridized carbons (Fsp3) is 0.458. The van der Waals surface area contributed by atoms with Crippen molar-refractivity contribution in [2.45, 2.75) is 65.8 Å². The van der Waals surface area contributed by atoms with E-state index in [2.05, 4.69) is 74.2 Å². The molecule has 0 fully saturated rings. The molecule has 2 nitrogen and oxygen atoms in total. The van der Waals surface area contributed by atoms with Crippen molar-refractivity contribution in [3.63, 3.8) is 0 Å². The highest BCUT2D eigenvalue weighted by Gasteiger charge is 2.38. The van der Waals surface area contributed by atoms with Crippen LogP contribution in [-0.4, -0.2) is 5.91 Å². The van der Waals surface area contributed by atoms with Crippen molar-refractivity contribution >= 4 is 11.6 Å². The van der Waals surface area contributed by atoms with Gasteiger partial charge in [0.2, 0.25) is 5.91 Å². The first-order chi connectivity index (χ1) is 12.6. The first-order valence-electron chi connectivity index (χ1n) is 10.1. The lowest BCUT2D eigenvalue weighted by molar-refractivity contribution is -0.129. The van der Waals surface area contributed by atoms with Crippen molar-refractivity contribution in [1.82, 2.24) is 0 Å². The molecule has 0 aliphatic carbocycles. The van der Waals surface area contributed by atoms with E-state index in [1.807, 2.05) is 0 Å². The average Bonchev–Trinajstić information content (AvgIpc) is 2.67. The maximum Gasteiger partial charge on any atom is 0.233 e. The van der Waals surface area contributed by atoms with E-state index < -0.39 is 0 Å². The van der Waals surface area contributed by atoms with Crippen LogP contribution in [0, 0.1) is 5.41 Å². The molecule has 1 heterocycles. The van der Waals surface area contributed by atoms with Crippen molar-refractivity contribution in [3.05, 3.63) is 65.2 Å². The van der Waals surface area contributed by atoms with Gasteiger partial charge in [-0.2, -0.15) is 0 Å². The molecule has 0 aromatic heterocycles. The molecule has 1 aliphatic rings. The lowest BCUT2D eigenvalue weighted by Crippen LogP contribution is -2.44. The van der Waals surface area contributed by atoms with Crippen LogP contribution in [0.1, 0.15) is 63.1 Å². The van der Waals surface area contributed by atoms with Gasteiger partial charge in [-0.3, -0.25) is 4.79 Å². The number of carbonyl (C=O) groups excluding carboxylic acids is 1. The molecule has 3 rings (SSSR count). The number of amides is 1. The third-order valence-corrected chi connectivity index (χ3v) is 6.17.